The topological polar surface area (TPSA) is 74.3 Å². The molecule has 0 radical (unpaired) electrons. The average molecular weight is 335 g/mol. The summed E-state index contributed by atoms with van der Waals surface area (Å²) in [6, 6.07) is 4.83. The molecular weight excluding hydrogens is 314 g/mol. The van der Waals surface area contributed by atoms with E-state index >= 15 is 0 Å². The number of hydrogen-bond donors (Lipinski definition) is 0. The van der Waals surface area contributed by atoms with Crippen molar-refractivity contribution in [3.63, 3.8) is 0 Å². The zero-order valence-electron chi connectivity index (χ0n) is 13.8. The molecule has 7 heteroatoms. The van der Waals surface area contributed by atoms with E-state index in [9.17, 15) is 9.59 Å². The standard InChI is InChI=1S/C17H21NO6/c1-11-8-18(9-12(2)24-11)16(19)10-23-17(20)13-3-4-14-15(7-13)22-6-5-21-14/h3-4,7,11-12H,5-6,8-10H2,1-2H3/t11-,12-/m1/s1. The van der Waals surface area contributed by atoms with E-state index < -0.39 is 5.97 Å². The molecule has 0 aromatic heterocycles. The number of amides is 1. The van der Waals surface area contributed by atoms with Gasteiger partial charge in [0.25, 0.3) is 5.91 Å². The van der Waals surface area contributed by atoms with Gasteiger partial charge in [-0.3, -0.25) is 4.79 Å². The van der Waals surface area contributed by atoms with Gasteiger partial charge in [0.2, 0.25) is 0 Å². The van der Waals surface area contributed by atoms with Gasteiger partial charge in [-0.15, -0.1) is 0 Å². The summed E-state index contributed by atoms with van der Waals surface area (Å²) in [7, 11) is 0. The molecule has 2 aliphatic heterocycles. The van der Waals surface area contributed by atoms with Crippen LogP contribution in [-0.2, 0) is 14.3 Å². The average Bonchev–Trinajstić information content (AvgIpc) is 2.58. The maximum absolute atomic E-state index is 12.2. The second-order valence-corrected chi connectivity index (χ2v) is 5.99. The molecule has 0 bridgehead atoms. The largest absolute Gasteiger partial charge is 0.486 e. The Morgan fingerprint density at radius 1 is 1.12 bits per heavy atom. The van der Waals surface area contributed by atoms with Crippen LogP contribution >= 0.6 is 0 Å². The Labute approximate surface area is 140 Å². The Balaban J connectivity index is 1.56. The molecular formula is C17H21NO6. The summed E-state index contributed by atoms with van der Waals surface area (Å²) in [6.07, 6.45) is -0.0441. The Bertz CT molecular complexity index is 622. The lowest BCUT2D eigenvalue weighted by Gasteiger charge is -2.35. The number of fused-ring (bicyclic) bond motifs is 1. The molecule has 0 aliphatic carbocycles. The third kappa shape index (κ3) is 3.79. The zero-order valence-corrected chi connectivity index (χ0v) is 13.8. The van der Waals surface area contributed by atoms with Crippen molar-refractivity contribution in [3.8, 4) is 11.5 Å². The highest BCUT2D eigenvalue weighted by Gasteiger charge is 2.26. The van der Waals surface area contributed by atoms with Crippen molar-refractivity contribution in [3.05, 3.63) is 23.8 Å². The number of esters is 1. The lowest BCUT2D eigenvalue weighted by atomic mass is 10.2. The van der Waals surface area contributed by atoms with Crippen LogP contribution in [-0.4, -0.2) is 61.9 Å². The van der Waals surface area contributed by atoms with Gasteiger partial charge in [-0.25, -0.2) is 4.79 Å². The van der Waals surface area contributed by atoms with Crippen LogP contribution in [0.4, 0.5) is 0 Å². The maximum Gasteiger partial charge on any atom is 0.338 e. The van der Waals surface area contributed by atoms with Crippen molar-refractivity contribution in [1.82, 2.24) is 4.90 Å². The summed E-state index contributed by atoms with van der Waals surface area (Å²) >= 11 is 0. The number of carbonyl (C=O) groups is 2. The minimum absolute atomic E-state index is 0.0220. The summed E-state index contributed by atoms with van der Waals surface area (Å²) in [5, 5.41) is 0. The molecule has 0 N–H and O–H groups in total. The second-order valence-electron chi connectivity index (χ2n) is 5.99. The van der Waals surface area contributed by atoms with E-state index in [0.717, 1.165) is 0 Å². The first-order chi connectivity index (χ1) is 11.5. The molecule has 1 amide bonds. The predicted octanol–water partition coefficient (Wildman–Crippen LogP) is 1.25. The minimum Gasteiger partial charge on any atom is -0.486 e. The van der Waals surface area contributed by atoms with Crippen LogP contribution in [0.3, 0.4) is 0 Å². The highest BCUT2D eigenvalue weighted by molar-refractivity contribution is 5.92. The molecule has 0 spiro atoms. The lowest BCUT2D eigenvalue weighted by molar-refractivity contribution is -0.146. The Morgan fingerprint density at radius 2 is 1.79 bits per heavy atom. The van der Waals surface area contributed by atoms with Crippen LogP contribution in [0.1, 0.15) is 24.2 Å². The third-order valence-corrected chi connectivity index (χ3v) is 3.88. The molecule has 1 aromatic rings. The number of nitrogens with zero attached hydrogens (tertiary/aromatic N) is 1. The second kappa shape index (κ2) is 7.09. The molecule has 7 nitrogen and oxygen atoms in total. The summed E-state index contributed by atoms with van der Waals surface area (Å²) in [5.41, 5.74) is 0.329. The summed E-state index contributed by atoms with van der Waals surface area (Å²) < 4.78 is 21.6. The highest BCUT2D eigenvalue weighted by Crippen LogP contribution is 2.30. The van der Waals surface area contributed by atoms with Crippen molar-refractivity contribution >= 4 is 11.9 Å². The molecule has 0 unspecified atom stereocenters. The molecule has 1 saturated heterocycles. The SMILES string of the molecule is C[C@@H]1CN(C(=O)COC(=O)c2ccc3c(c2)OCCO3)C[C@@H](C)O1. The van der Waals surface area contributed by atoms with Gasteiger partial charge < -0.3 is 23.8 Å². The van der Waals surface area contributed by atoms with Crippen LogP contribution in [0.2, 0.25) is 0 Å². The van der Waals surface area contributed by atoms with E-state index in [1.54, 1.807) is 23.1 Å². The molecule has 3 rings (SSSR count). The van der Waals surface area contributed by atoms with E-state index in [0.29, 0.717) is 43.4 Å². The van der Waals surface area contributed by atoms with Gasteiger partial charge in [0, 0.05) is 13.1 Å². The lowest BCUT2D eigenvalue weighted by Crippen LogP contribution is -2.49. The van der Waals surface area contributed by atoms with Gasteiger partial charge in [-0.1, -0.05) is 0 Å². The zero-order chi connectivity index (χ0) is 17.1. The van der Waals surface area contributed by atoms with E-state index in [2.05, 4.69) is 0 Å². The van der Waals surface area contributed by atoms with E-state index in [1.165, 1.54) is 0 Å². The van der Waals surface area contributed by atoms with Crippen LogP contribution in [0.15, 0.2) is 18.2 Å². The Morgan fingerprint density at radius 3 is 2.50 bits per heavy atom. The smallest absolute Gasteiger partial charge is 0.338 e. The number of ether oxygens (including phenoxy) is 4. The number of hydrogen-bond acceptors (Lipinski definition) is 6. The van der Waals surface area contributed by atoms with Gasteiger partial charge in [-0.05, 0) is 32.0 Å². The predicted molar refractivity (Wildman–Crippen MR) is 84.3 cm³/mol. The third-order valence-electron chi connectivity index (χ3n) is 3.88. The number of morpholine rings is 1. The van der Waals surface area contributed by atoms with E-state index in [-0.39, 0.29) is 24.7 Å². The summed E-state index contributed by atoms with van der Waals surface area (Å²) in [4.78, 5) is 26.0. The van der Waals surface area contributed by atoms with Gasteiger partial charge in [0.05, 0.1) is 17.8 Å². The number of benzene rings is 1. The van der Waals surface area contributed by atoms with Crippen molar-refractivity contribution < 1.29 is 28.5 Å². The summed E-state index contributed by atoms with van der Waals surface area (Å²) in [5.74, 6) is 0.334. The molecule has 2 aliphatic rings. The Kier molecular flexibility index (Phi) is 4.89. The van der Waals surface area contributed by atoms with Gasteiger partial charge in [0.1, 0.15) is 13.2 Å². The number of carbonyl (C=O) groups excluding carboxylic acids is 2. The highest BCUT2D eigenvalue weighted by atomic mass is 16.6. The fourth-order valence-electron chi connectivity index (χ4n) is 2.85. The van der Waals surface area contributed by atoms with Gasteiger partial charge in [-0.2, -0.15) is 0 Å². The Hall–Kier alpha value is -2.28. The molecule has 2 atom stereocenters. The fourth-order valence-corrected chi connectivity index (χ4v) is 2.85. The van der Waals surface area contributed by atoms with Crippen molar-refractivity contribution in [2.24, 2.45) is 0 Å². The normalized spacial score (nSPS) is 22.8. The monoisotopic (exact) mass is 335 g/mol. The maximum atomic E-state index is 12.2. The first-order valence-electron chi connectivity index (χ1n) is 8.03. The molecule has 24 heavy (non-hydrogen) atoms. The quantitative estimate of drug-likeness (QED) is 0.774. The van der Waals surface area contributed by atoms with Crippen LogP contribution in [0, 0.1) is 0 Å². The van der Waals surface area contributed by atoms with E-state index in [4.69, 9.17) is 18.9 Å². The van der Waals surface area contributed by atoms with E-state index in [1.807, 2.05) is 13.8 Å². The first-order valence-corrected chi connectivity index (χ1v) is 8.03. The van der Waals surface area contributed by atoms with Crippen molar-refractivity contribution in [2.75, 3.05) is 32.9 Å². The minimum atomic E-state index is -0.560. The van der Waals surface area contributed by atoms with Crippen molar-refractivity contribution in [2.45, 2.75) is 26.1 Å². The fraction of sp³-hybridized carbons (Fsp3) is 0.529. The number of rotatable bonds is 3. The molecule has 0 saturated carbocycles. The molecule has 2 heterocycles. The molecule has 1 aromatic carbocycles. The molecule has 1 fully saturated rings. The van der Waals surface area contributed by atoms with Crippen molar-refractivity contribution in [1.29, 1.82) is 0 Å². The van der Waals surface area contributed by atoms with Crippen LogP contribution in [0.5, 0.6) is 11.5 Å². The molecule has 130 valence electrons. The van der Waals surface area contributed by atoms with Gasteiger partial charge >= 0.3 is 5.97 Å². The summed E-state index contributed by atoms with van der Waals surface area (Å²) in [6.45, 7) is 5.48. The van der Waals surface area contributed by atoms with Gasteiger partial charge in [0.15, 0.2) is 18.1 Å². The first kappa shape index (κ1) is 16.6. The van der Waals surface area contributed by atoms with Crippen LogP contribution in [0.25, 0.3) is 0 Å². The van der Waals surface area contributed by atoms with Crippen LogP contribution < -0.4 is 9.47 Å².